The number of benzene rings is 1. The van der Waals surface area contributed by atoms with E-state index in [1.54, 1.807) is 60.6 Å². The Labute approximate surface area is 431 Å². The second-order valence-corrected chi connectivity index (χ2v) is 19.9. The molecule has 1 aromatic rings. The lowest BCUT2D eigenvalue weighted by Gasteiger charge is -2.47. The number of Topliss-reactive ketones (excluding diaryl/α,β-unsaturated/α-hetero) is 1. The first-order valence-corrected chi connectivity index (χ1v) is 24.7. The van der Waals surface area contributed by atoms with Gasteiger partial charge in [0.1, 0.15) is 40.6 Å². The molecule has 0 spiro atoms. The lowest BCUT2D eigenvalue weighted by atomic mass is 9.88. The first-order valence-electron chi connectivity index (χ1n) is 24.0. The summed E-state index contributed by atoms with van der Waals surface area (Å²) >= 11 is 12.3. The normalized spacial score (nSPS) is 34.3. The van der Waals surface area contributed by atoms with Gasteiger partial charge in [0.15, 0.2) is 48.2 Å². The Bertz CT molecular complexity index is 2270. The van der Waals surface area contributed by atoms with Crippen molar-refractivity contribution in [3.8, 4) is 11.5 Å². The lowest BCUT2D eigenvalue weighted by molar-refractivity contribution is -0.333. The van der Waals surface area contributed by atoms with Crippen molar-refractivity contribution in [2.24, 2.45) is 11.8 Å². The van der Waals surface area contributed by atoms with Crippen LogP contribution < -0.4 is 0 Å². The van der Waals surface area contributed by atoms with Crippen LogP contribution in [0.1, 0.15) is 111 Å². The SMILES string of the molecule is CCc1c(Cl)c(O)c(Cl)c(O)c1C(=O)O[C@@H]1[C@@H](O)[C@@H](OC)[C@@H](OC/C2=C\C=C\CC(O)/C(C)=C/C(CC)C(O[C@@H]3OC(C)(C)[C@@H](OC(=O)C(C)C)[C@H](O)[C@@H]3O)/C(C)=C/C(C)=C/CC(C(C)=O)OC2=O)O[C@H]1C. The number of cyclic esters (lactones) is 1. The molecule has 0 aliphatic carbocycles. The summed E-state index contributed by atoms with van der Waals surface area (Å²) in [5, 5.41) is 65.6. The molecule has 18 nitrogen and oxygen atoms in total. The predicted molar refractivity (Wildman–Crippen MR) is 264 cm³/mol. The van der Waals surface area contributed by atoms with E-state index >= 15 is 0 Å². The molecular formula is C52H72Cl2O18. The van der Waals surface area contributed by atoms with Crippen molar-refractivity contribution < 1.29 is 87.7 Å². The quantitative estimate of drug-likeness (QED) is 0.0705. The van der Waals surface area contributed by atoms with Crippen LogP contribution in [0.25, 0.3) is 0 Å². The molecule has 20 heteroatoms. The predicted octanol–water partition coefficient (Wildman–Crippen LogP) is 6.44. The second-order valence-electron chi connectivity index (χ2n) is 19.2. The minimum absolute atomic E-state index is 0.0305. The highest BCUT2D eigenvalue weighted by Crippen LogP contribution is 2.45. The van der Waals surface area contributed by atoms with Gasteiger partial charge in [-0.05, 0) is 90.5 Å². The third-order valence-electron chi connectivity index (χ3n) is 12.9. The maximum atomic E-state index is 13.9. The fraction of sp³-hybridized carbons (Fsp3) is 0.615. The Morgan fingerprint density at radius 1 is 0.903 bits per heavy atom. The third-order valence-corrected chi connectivity index (χ3v) is 13.6. The third kappa shape index (κ3) is 14.6. The van der Waals surface area contributed by atoms with E-state index in [0.29, 0.717) is 23.1 Å². The van der Waals surface area contributed by atoms with Gasteiger partial charge in [0, 0.05) is 19.4 Å². The number of hydrogen-bond donors (Lipinski definition) is 6. The van der Waals surface area contributed by atoms with E-state index in [0.717, 1.165) is 0 Å². The molecule has 0 amide bonds. The van der Waals surface area contributed by atoms with Crippen molar-refractivity contribution in [3.05, 3.63) is 79.9 Å². The molecule has 2 saturated heterocycles. The molecule has 1 aromatic carbocycles. The van der Waals surface area contributed by atoms with Gasteiger partial charge in [0.05, 0.1) is 41.4 Å². The van der Waals surface area contributed by atoms with Gasteiger partial charge in [0.2, 0.25) is 0 Å². The van der Waals surface area contributed by atoms with Crippen molar-refractivity contribution in [2.75, 3.05) is 13.7 Å². The number of halogens is 2. The first kappa shape index (κ1) is 60.4. The van der Waals surface area contributed by atoms with E-state index < -0.39 is 143 Å². The number of ketones is 1. The molecule has 0 radical (unpaired) electrons. The minimum Gasteiger partial charge on any atom is -0.505 e. The van der Waals surface area contributed by atoms with E-state index in [-0.39, 0.29) is 35.4 Å². The molecule has 0 saturated carbocycles. The molecule has 13 atom stereocenters. The number of ether oxygens (including phenoxy) is 8. The molecule has 2 fully saturated rings. The summed E-state index contributed by atoms with van der Waals surface area (Å²) in [5.74, 6) is -5.34. The van der Waals surface area contributed by atoms with Crippen LogP contribution in [0.2, 0.25) is 10.0 Å². The van der Waals surface area contributed by atoms with Gasteiger partial charge in [-0.1, -0.05) is 86.9 Å². The van der Waals surface area contributed by atoms with Crippen molar-refractivity contribution in [3.63, 3.8) is 0 Å². The highest BCUT2D eigenvalue weighted by atomic mass is 35.5. The van der Waals surface area contributed by atoms with Gasteiger partial charge in [-0.2, -0.15) is 0 Å². The lowest BCUT2D eigenvalue weighted by Crippen LogP contribution is -2.64. The van der Waals surface area contributed by atoms with Crippen molar-refractivity contribution >= 4 is 46.9 Å². The summed E-state index contributed by atoms with van der Waals surface area (Å²) in [6.45, 7) is 17.7. The van der Waals surface area contributed by atoms with Crippen molar-refractivity contribution in [1.29, 1.82) is 0 Å². The maximum absolute atomic E-state index is 13.9. The minimum atomic E-state index is -1.62. The van der Waals surface area contributed by atoms with E-state index in [9.17, 15) is 49.8 Å². The first-order chi connectivity index (χ1) is 33.7. The Kier molecular flexibility index (Phi) is 22.1. The summed E-state index contributed by atoms with van der Waals surface area (Å²) in [4.78, 5) is 52.9. The van der Waals surface area contributed by atoms with E-state index in [4.69, 9.17) is 61.1 Å². The van der Waals surface area contributed by atoms with Crippen LogP contribution in [-0.4, -0.2) is 147 Å². The Hall–Kier alpha value is -4.18. The average molecular weight is 1060 g/mol. The van der Waals surface area contributed by atoms with Gasteiger partial charge >= 0.3 is 17.9 Å². The van der Waals surface area contributed by atoms with E-state index in [1.165, 1.54) is 33.1 Å². The Balaban J connectivity index is 1.61. The standard InChI is InChI=1S/C52H72Cl2O18/c1-13-30-22-26(6)33(56)18-16-15-17-31(23-66-51-45(65-12)42(61)44(29(9)67-51)69-49(64)35-32(14-2)36(53)39(58)37(54)38(35)57)48(63)68-34(28(8)55)20-19-25(5)21-27(7)43(30)70-50-41(60)40(59)46(52(10,11)72-50)71-47(62)24(3)4/h15-17,19,21-22,24,29-30,33-34,40-46,50-51,56-61H,13-14,18,20,23H2,1-12H3/b16-15+,25-19+,26-22+,27-21+,31-17+/t29-,30?,33?,34?,40+,41-,42+,43?,44-,45+,46-,50+,51-/m0/s1. The van der Waals surface area contributed by atoms with Crippen LogP contribution in [-0.2, 0) is 58.7 Å². The molecular weight excluding hydrogens is 983 g/mol. The molecule has 0 bridgehead atoms. The highest BCUT2D eigenvalue weighted by Gasteiger charge is 2.53. The average Bonchev–Trinajstić information content (AvgIpc) is 3.32. The van der Waals surface area contributed by atoms with Crippen LogP contribution in [0.15, 0.2) is 58.7 Å². The summed E-state index contributed by atoms with van der Waals surface area (Å²) in [6, 6.07) is 0. The zero-order valence-corrected chi connectivity index (χ0v) is 44.4. The number of aliphatic hydroxyl groups excluding tert-OH is 4. The van der Waals surface area contributed by atoms with Crippen LogP contribution in [0, 0.1) is 11.8 Å². The molecule has 4 unspecified atom stereocenters. The molecule has 6 N–H and O–H groups in total. The zero-order chi connectivity index (χ0) is 54.1. The number of methoxy groups -OCH3 is 1. The second kappa shape index (κ2) is 26.3. The number of aromatic hydroxyl groups is 2. The number of hydrogen-bond acceptors (Lipinski definition) is 18. The zero-order valence-electron chi connectivity index (χ0n) is 42.9. The summed E-state index contributed by atoms with van der Waals surface area (Å²) in [5.41, 5.74) is 0.184. The molecule has 4 rings (SSSR count). The van der Waals surface area contributed by atoms with Crippen LogP contribution in [0.3, 0.4) is 0 Å². The van der Waals surface area contributed by atoms with Crippen LogP contribution >= 0.6 is 23.2 Å². The van der Waals surface area contributed by atoms with E-state index in [1.807, 2.05) is 26.0 Å². The number of rotatable bonds is 13. The maximum Gasteiger partial charge on any atom is 0.342 e. The van der Waals surface area contributed by atoms with Gasteiger partial charge in [-0.15, -0.1) is 0 Å². The van der Waals surface area contributed by atoms with Crippen LogP contribution in [0.5, 0.6) is 11.5 Å². The molecule has 72 heavy (non-hydrogen) atoms. The number of carbonyl (C=O) groups excluding carboxylic acids is 4. The number of carbonyl (C=O) groups is 4. The summed E-state index contributed by atoms with van der Waals surface area (Å²) in [6.07, 6.45) is -4.94. The highest BCUT2D eigenvalue weighted by molar-refractivity contribution is 6.39. The van der Waals surface area contributed by atoms with Gasteiger partial charge in [-0.3, -0.25) is 9.59 Å². The summed E-state index contributed by atoms with van der Waals surface area (Å²) < 4.78 is 47.3. The fourth-order valence-corrected chi connectivity index (χ4v) is 9.10. The molecule has 402 valence electrons. The Morgan fingerprint density at radius 2 is 1.57 bits per heavy atom. The molecule has 0 aromatic heterocycles. The Morgan fingerprint density at radius 3 is 2.17 bits per heavy atom. The topological polar surface area (TPSA) is 263 Å². The summed E-state index contributed by atoms with van der Waals surface area (Å²) in [7, 11) is 1.25. The van der Waals surface area contributed by atoms with E-state index in [2.05, 4.69) is 0 Å². The van der Waals surface area contributed by atoms with Gasteiger partial charge < -0.3 is 68.5 Å². The number of aliphatic hydroxyl groups is 4. The number of phenols is 2. The number of allylic oxidation sites excluding steroid dienone is 4. The van der Waals surface area contributed by atoms with Crippen LogP contribution in [0.4, 0.5) is 0 Å². The van der Waals surface area contributed by atoms with Gasteiger partial charge in [-0.25, -0.2) is 9.59 Å². The monoisotopic (exact) mass is 1050 g/mol. The smallest absolute Gasteiger partial charge is 0.342 e. The van der Waals surface area contributed by atoms with Crippen molar-refractivity contribution in [1.82, 2.24) is 0 Å². The number of esters is 3. The largest absolute Gasteiger partial charge is 0.505 e. The van der Waals surface area contributed by atoms with Gasteiger partial charge in [0.25, 0.3) is 0 Å². The fourth-order valence-electron chi connectivity index (χ4n) is 8.54. The molecule has 3 aliphatic rings. The molecule has 3 heterocycles. The number of phenolic OH excluding ortho intramolecular Hbond substituents is 2. The van der Waals surface area contributed by atoms with Crippen molar-refractivity contribution in [2.45, 2.75) is 181 Å². The molecule has 3 aliphatic heterocycles.